The van der Waals surface area contributed by atoms with E-state index in [0.29, 0.717) is 22.4 Å². The molecular weight excluding hydrogens is 390 g/mol. The van der Waals surface area contributed by atoms with Crippen molar-refractivity contribution in [3.05, 3.63) is 41.3 Å². The zero-order valence-corrected chi connectivity index (χ0v) is 16.3. The van der Waals surface area contributed by atoms with E-state index in [9.17, 15) is 13.2 Å². The highest BCUT2D eigenvalue weighted by molar-refractivity contribution is 7.91. The molecule has 6 nitrogen and oxygen atoms in total. The van der Waals surface area contributed by atoms with Crippen LogP contribution in [0.2, 0.25) is 0 Å². The van der Waals surface area contributed by atoms with Gasteiger partial charge in [-0.3, -0.25) is 4.79 Å². The highest BCUT2D eigenvalue weighted by Crippen LogP contribution is 2.28. The first kappa shape index (κ1) is 17.6. The molecule has 2 aromatic heterocycles. The zero-order valence-electron chi connectivity index (χ0n) is 13.8. The van der Waals surface area contributed by atoms with Crippen LogP contribution in [0.15, 0.2) is 40.6 Å². The van der Waals surface area contributed by atoms with Crippen molar-refractivity contribution in [2.45, 2.75) is 23.5 Å². The first-order valence-corrected chi connectivity index (χ1v) is 11.3. The fourth-order valence-corrected chi connectivity index (χ4v) is 6.80. The monoisotopic (exact) mass is 407 g/mol. The van der Waals surface area contributed by atoms with Gasteiger partial charge in [-0.2, -0.15) is 4.31 Å². The number of carbonyl (C=O) groups is 1. The van der Waals surface area contributed by atoms with Gasteiger partial charge < -0.3 is 5.32 Å². The van der Waals surface area contributed by atoms with Crippen LogP contribution in [0.3, 0.4) is 0 Å². The van der Waals surface area contributed by atoms with Crippen molar-refractivity contribution < 1.29 is 13.2 Å². The van der Waals surface area contributed by atoms with E-state index in [1.807, 2.05) is 24.3 Å². The number of nitrogens with one attached hydrogen (secondary N) is 1. The Morgan fingerprint density at radius 2 is 1.88 bits per heavy atom. The number of hydrogen-bond donors (Lipinski definition) is 1. The van der Waals surface area contributed by atoms with Crippen LogP contribution >= 0.6 is 22.7 Å². The first-order chi connectivity index (χ1) is 12.5. The van der Waals surface area contributed by atoms with Gasteiger partial charge in [0.25, 0.3) is 10.0 Å². The van der Waals surface area contributed by atoms with E-state index in [1.54, 1.807) is 12.1 Å². The summed E-state index contributed by atoms with van der Waals surface area (Å²) in [7, 11) is -3.42. The van der Waals surface area contributed by atoms with Gasteiger partial charge in [-0.15, -0.1) is 11.3 Å². The van der Waals surface area contributed by atoms with Gasteiger partial charge in [0.05, 0.1) is 16.6 Å². The Morgan fingerprint density at radius 3 is 2.65 bits per heavy atom. The third-order valence-electron chi connectivity index (χ3n) is 4.17. The van der Waals surface area contributed by atoms with Crippen molar-refractivity contribution >= 4 is 54.0 Å². The number of thiophene rings is 1. The molecule has 3 aromatic rings. The Kier molecular flexibility index (Phi) is 4.78. The Morgan fingerprint density at radius 1 is 1.12 bits per heavy atom. The molecule has 1 saturated heterocycles. The van der Waals surface area contributed by atoms with Gasteiger partial charge in [0, 0.05) is 18.0 Å². The molecule has 3 heterocycles. The average molecular weight is 408 g/mol. The second-order valence-electron chi connectivity index (χ2n) is 6.04. The number of amides is 1. The molecule has 0 spiro atoms. The van der Waals surface area contributed by atoms with Gasteiger partial charge >= 0.3 is 0 Å². The molecule has 1 aliphatic rings. The standard InChI is InChI=1S/C17H17N3O3S3/c21-15(19-17-18-13-5-1-2-6-14(13)25-17)11-12-7-8-16(24-12)26(22,23)20-9-3-4-10-20/h1-2,5-8H,3-4,9-11H2,(H,18,19,21). The highest BCUT2D eigenvalue weighted by Gasteiger charge is 2.28. The van der Waals surface area contributed by atoms with Gasteiger partial charge in [0.15, 0.2) is 5.13 Å². The van der Waals surface area contributed by atoms with Crippen molar-refractivity contribution in [1.29, 1.82) is 0 Å². The maximum Gasteiger partial charge on any atom is 0.252 e. The van der Waals surface area contributed by atoms with Crippen molar-refractivity contribution in [2.24, 2.45) is 0 Å². The van der Waals surface area contributed by atoms with Crippen LogP contribution in [0, 0.1) is 0 Å². The molecule has 26 heavy (non-hydrogen) atoms. The maximum absolute atomic E-state index is 12.6. The molecule has 0 atom stereocenters. The van der Waals surface area contributed by atoms with Gasteiger partial charge in [-0.05, 0) is 37.1 Å². The molecule has 0 unspecified atom stereocenters. The quantitative estimate of drug-likeness (QED) is 0.704. The topological polar surface area (TPSA) is 79.4 Å². The minimum absolute atomic E-state index is 0.135. The lowest BCUT2D eigenvalue weighted by Crippen LogP contribution is -2.27. The number of aromatic nitrogens is 1. The molecule has 136 valence electrons. The molecule has 0 bridgehead atoms. The average Bonchev–Trinajstić information content (AvgIpc) is 3.35. The third-order valence-corrected chi connectivity index (χ3v) is 8.57. The number of rotatable bonds is 5. The van der Waals surface area contributed by atoms with Crippen molar-refractivity contribution in [2.75, 3.05) is 18.4 Å². The largest absolute Gasteiger partial charge is 0.302 e. The summed E-state index contributed by atoms with van der Waals surface area (Å²) in [6.45, 7) is 1.15. The maximum atomic E-state index is 12.6. The van der Waals surface area contributed by atoms with Crippen LogP contribution < -0.4 is 5.32 Å². The molecule has 1 fully saturated rings. The summed E-state index contributed by atoms with van der Waals surface area (Å²) in [4.78, 5) is 17.4. The molecule has 4 rings (SSSR count). The lowest BCUT2D eigenvalue weighted by molar-refractivity contribution is -0.115. The van der Waals surface area contributed by atoms with Gasteiger partial charge in [0.2, 0.25) is 5.91 Å². The predicted octanol–water partition coefficient (Wildman–Crippen LogP) is 3.32. The van der Waals surface area contributed by atoms with Gasteiger partial charge in [-0.1, -0.05) is 23.5 Å². The first-order valence-electron chi connectivity index (χ1n) is 8.27. The zero-order chi connectivity index (χ0) is 18.1. The predicted molar refractivity (Wildman–Crippen MR) is 104 cm³/mol. The van der Waals surface area contributed by atoms with E-state index in [0.717, 1.165) is 39.3 Å². The second kappa shape index (κ2) is 7.07. The Bertz CT molecular complexity index is 1020. The molecule has 1 N–H and O–H groups in total. The smallest absolute Gasteiger partial charge is 0.252 e. The second-order valence-corrected chi connectivity index (χ2v) is 10.4. The van der Waals surface area contributed by atoms with E-state index >= 15 is 0 Å². The summed E-state index contributed by atoms with van der Waals surface area (Å²) in [5.41, 5.74) is 0.850. The molecule has 1 aliphatic heterocycles. The van der Waals surface area contributed by atoms with Crippen LogP contribution in [-0.4, -0.2) is 36.7 Å². The van der Waals surface area contributed by atoms with Crippen LogP contribution in [0.25, 0.3) is 10.2 Å². The lowest BCUT2D eigenvalue weighted by Gasteiger charge is -2.13. The molecule has 0 radical (unpaired) electrons. The number of anilines is 1. The molecular formula is C17H17N3O3S3. The number of hydrogen-bond acceptors (Lipinski definition) is 6. The number of carbonyl (C=O) groups excluding carboxylic acids is 1. The summed E-state index contributed by atoms with van der Waals surface area (Å²) in [6.07, 6.45) is 1.94. The van der Waals surface area contributed by atoms with Crippen LogP contribution in [0.5, 0.6) is 0 Å². The fourth-order valence-electron chi connectivity index (χ4n) is 2.89. The van der Waals surface area contributed by atoms with Gasteiger partial charge in [-0.25, -0.2) is 13.4 Å². The van der Waals surface area contributed by atoms with Crippen molar-refractivity contribution in [3.63, 3.8) is 0 Å². The van der Waals surface area contributed by atoms with E-state index in [1.165, 1.54) is 15.6 Å². The number of thiazole rings is 1. The van der Waals surface area contributed by atoms with E-state index in [2.05, 4.69) is 10.3 Å². The minimum atomic E-state index is -3.42. The molecule has 0 saturated carbocycles. The summed E-state index contributed by atoms with van der Waals surface area (Å²) < 4.78 is 27.9. The number of nitrogens with zero attached hydrogens (tertiary/aromatic N) is 2. The third kappa shape index (κ3) is 3.52. The molecule has 0 aliphatic carbocycles. The van der Waals surface area contributed by atoms with E-state index in [4.69, 9.17) is 0 Å². The van der Waals surface area contributed by atoms with Crippen molar-refractivity contribution in [1.82, 2.24) is 9.29 Å². The van der Waals surface area contributed by atoms with Crippen LogP contribution in [0.1, 0.15) is 17.7 Å². The summed E-state index contributed by atoms with van der Waals surface area (Å²) in [5, 5.41) is 3.35. The SMILES string of the molecule is O=C(Cc1ccc(S(=O)(=O)N2CCCC2)s1)Nc1nc2ccccc2s1. The Hall–Kier alpha value is -1.81. The Balaban J connectivity index is 1.44. The summed E-state index contributed by atoms with van der Waals surface area (Å²) in [5.74, 6) is -0.198. The van der Waals surface area contributed by atoms with Crippen LogP contribution in [-0.2, 0) is 21.2 Å². The van der Waals surface area contributed by atoms with Crippen LogP contribution in [0.4, 0.5) is 5.13 Å². The van der Waals surface area contributed by atoms with Gasteiger partial charge in [0.1, 0.15) is 4.21 Å². The Labute approximate surface area is 159 Å². The van der Waals surface area contributed by atoms with E-state index in [-0.39, 0.29) is 12.3 Å². The molecule has 1 amide bonds. The lowest BCUT2D eigenvalue weighted by atomic mass is 10.3. The van der Waals surface area contributed by atoms with E-state index < -0.39 is 10.0 Å². The fraction of sp³-hybridized carbons (Fsp3) is 0.294. The molecule has 1 aromatic carbocycles. The normalized spacial score (nSPS) is 15.5. The summed E-state index contributed by atoms with van der Waals surface area (Å²) >= 11 is 2.58. The summed E-state index contributed by atoms with van der Waals surface area (Å²) in [6, 6.07) is 11.0. The highest BCUT2D eigenvalue weighted by atomic mass is 32.2. The molecule has 9 heteroatoms. The van der Waals surface area contributed by atoms with Crippen molar-refractivity contribution in [3.8, 4) is 0 Å². The minimum Gasteiger partial charge on any atom is -0.302 e. The number of sulfonamides is 1. The number of fused-ring (bicyclic) bond motifs is 1. The number of para-hydroxylation sites is 1. The number of benzene rings is 1.